The Morgan fingerprint density at radius 1 is 1.67 bits per heavy atom. The van der Waals surface area contributed by atoms with Crippen molar-refractivity contribution in [3.63, 3.8) is 0 Å². The Bertz CT molecular complexity index is 206. The zero-order valence-corrected chi connectivity index (χ0v) is 9.77. The number of aliphatic hydroxyl groups excluding tert-OH is 1. The molecule has 4 heteroatoms. The van der Waals surface area contributed by atoms with Crippen LogP contribution in [0, 0.1) is 5.92 Å². The van der Waals surface area contributed by atoms with Gasteiger partial charge in [-0.25, -0.2) is 5.06 Å². The summed E-state index contributed by atoms with van der Waals surface area (Å²) >= 11 is 0. The molecule has 0 aromatic rings. The minimum Gasteiger partial charge on any atom is -0.393 e. The van der Waals surface area contributed by atoms with Gasteiger partial charge in [0.05, 0.1) is 13.2 Å². The minimum atomic E-state index is -0.452. The molecule has 0 bridgehead atoms. The standard InChI is InChI=1S/C11H21NO3/c1-5-6-7-10(13)8-9(2)11(14)12(3)15-4/h5,9-10,13H,1,6-8H2,2-4H3/t9-,10+/m0/s1. The first-order chi connectivity index (χ1) is 7.02. The lowest BCUT2D eigenvalue weighted by Crippen LogP contribution is -2.32. The van der Waals surface area contributed by atoms with Crippen molar-refractivity contribution < 1.29 is 14.7 Å². The summed E-state index contributed by atoms with van der Waals surface area (Å²) in [6, 6.07) is 0. The van der Waals surface area contributed by atoms with Crippen LogP contribution in [-0.2, 0) is 9.63 Å². The van der Waals surface area contributed by atoms with Crippen LogP contribution in [0.25, 0.3) is 0 Å². The molecule has 0 unspecified atom stereocenters. The van der Waals surface area contributed by atoms with E-state index in [-0.39, 0.29) is 11.8 Å². The minimum absolute atomic E-state index is 0.116. The number of aliphatic hydroxyl groups is 1. The van der Waals surface area contributed by atoms with Crippen molar-refractivity contribution in [3.8, 4) is 0 Å². The maximum atomic E-state index is 11.6. The predicted octanol–water partition coefficient (Wildman–Crippen LogP) is 1.36. The topological polar surface area (TPSA) is 49.8 Å². The largest absolute Gasteiger partial charge is 0.393 e. The zero-order valence-electron chi connectivity index (χ0n) is 9.77. The molecule has 4 nitrogen and oxygen atoms in total. The molecule has 88 valence electrons. The highest BCUT2D eigenvalue weighted by Crippen LogP contribution is 2.13. The van der Waals surface area contributed by atoms with Gasteiger partial charge in [-0.05, 0) is 19.3 Å². The summed E-state index contributed by atoms with van der Waals surface area (Å²) in [5.41, 5.74) is 0. The molecule has 15 heavy (non-hydrogen) atoms. The highest BCUT2D eigenvalue weighted by atomic mass is 16.7. The van der Waals surface area contributed by atoms with Gasteiger partial charge in [-0.3, -0.25) is 9.63 Å². The highest BCUT2D eigenvalue weighted by molar-refractivity contribution is 5.77. The Kier molecular flexibility index (Phi) is 6.99. The van der Waals surface area contributed by atoms with Gasteiger partial charge in [0.15, 0.2) is 0 Å². The molecule has 1 amide bonds. The van der Waals surface area contributed by atoms with Crippen molar-refractivity contribution in [1.29, 1.82) is 0 Å². The average molecular weight is 215 g/mol. The Balaban J connectivity index is 3.95. The molecule has 0 fully saturated rings. The van der Waals surface area contributed by atoms with E-state index >= 15 is 0 Å². The lowest BCUT2D eigenvalue weighted by Gasteiger charge is -2.20. The first-order valence-electron chi connectivity index (χ1n) is 5.13. The van der Waals surface area contributed by atoms with Crippen molar-refractivity contribution >= 4 is 5.91 Å². The zero-order chi connectivity index (χ0) is 11.8. The molecule has 0 radical (unpaired) electrons. The molecule has 0 saturated heterocycles. The van der Waals surface area contributed by atoms with Gasteiger partial charge in [-0.15, -0.1) is 6.58 Å². The van der Waals surface area contributed by atoms with Crippen LogP contribution in [0.5, 0.6) is 0 Å². The Labute approximate surface area is 91.5 Å². The van der Waals surface area contributed by atoms with Crippen LogP contribution in [0.2, 0.25) is 0 Å². The van der Waals surface area contributed by atoms with Gasteiger partial charge in [-0.2, -0.15) is 0 Å². The fourth-order valence-electron chi connectivity index (χ4n) is 1.34. The number of carbonyl (C=O) groups is 1. The van der Waals surface area contributed by atoms with E-state index in [0.717, 1.165) is 6.42 Å². The normalized spacial score (nSPS) is 14.4. The van der Waals surface area contributed by atoms with Crippen LogP contribution in [0.1, 0.15) is 26.2 Å². The molecular weight excluding hydrogens is 194 g/mol. The summed E-state index contributed by atoms with van der Waals surface area (Å²) in [6.07, 6.45) is 3.18. The number of hydrogen-bond donors (Lipinski definition) is 1. The smallest absolute Gasteiger partial charge is 0.248 e. The number of amides is 1. The number of hydroxylamine groups is 2. The van der Waals surface area contributed by atoms with Gasteiger partial charge in [-0.1, -0.05) is 13.0 Å². The van der Waals surface area contributed by atoms with Crippen molar-refractivity contribution in [3.05, 3.63) is 12.7 Å². The van der Waals surface area contributed by atoms with E-state index in [4.69, 9.17) is 4.84 Å². The van der Waals surface area contributed by atoms with E-state index in [9.17, 15) is 9.90 Å². The van der Waals surface area contributed by atoms with E-state index in [0.29, 0.717) is 12.8 Å². The Morgan fingerprint density at radius 2 is 2.27 bits per heavy atom. The number of nitrogens with zero attached hydrogens (tertiary/aromatic N) is 1. The Morgan fingerprint density at radius 3 is 2.73 bits per heavy atom. The molecule has 0 aliphatic carbocycles. The van der Waals surface area contributed by atoms with Gasteiger partial charge >= 0.3 is 0 Å². The van der Waals surface area contributed by atoms with Gasteiger partial charge in [0, 0.05) is 13.0 Å². The molecule has 1 N–H and O–H groups in total. The molecule has 0 aromatic carbocycles. The highest BCUT2D eigenvalue weighted by Gasteiger charge is 2.20. The second-order valence-electron chi connectivity index (χ2n) is 3.67. The van der Waals surface area contributed by atoms with Gasteiger partial charge < -0.3 is 5.11 Å². The SMILES string of the molecule is C=CCC[C@@H](O)C[C@H](C)C(=O)N(C)OC. The van der Waals surface area contributed by atoms with E-state index < -0.39 is 6.10 Å². The number of allylic oxidation sites excluding steroid dienone is 1. The van der Waals surface area contributed by atoms with Gasteiger partial charge in [0.2, 0.25) is 5.91 Å². The predicted molar refractivity (Wildman–Crippen MR) is 59.0 cm³/mol. The van der Waals surface area contributed by atoms with Crippen LogP contribution >= 0.6 is 0 Å². The van der Waals surface area contributed by atoms with Crippen molar-refractivity contribution in [1.82, 2.24) is 5.06 Å². The number of rotatable bonds is 7. The molecule has 0 aromatic heterocycles. The second kappa shape index (κ2) is 7.43. The third-order valence-corrected chi connectivity index (χ3v) is 2.34. The fraction of sp³-hybridized carbons (Fsp3) is 0.727. The lowest BCUT2D eigenvalue weighted by molar-refractivity contribution is -0.173. The number of carbonyl (C=O) groups excluding carboxylic acids is 1. The molecule has 0 rings (SSSR count). The van der Waals surface area contributed by atoms with Crippen molar-refractivity contribution in [2.45, 2.75) is 32.3 Å². The summed E-state index contributed by atoms with van der Waals surface area (Å²) in [5.74, 6) is -0.343. The fourth-order valence-corrected chi connectivity index (χ4v) is 1.34. The first-order valence-corrected chi connectivity index (χ1v) is 5.13. The third kappa shape index (κ3) is 5.54. The summed E-state index contributed by atoms with van der Waals surface area (Å²) < 4.78 is 0. The molecule has 0 saturated carbocycles. The molecule has 0 spiro atoms. The molecule has 0 heterocycles. The second-order valence-corrected chi connectivity index (χ2v) is 3.67. The first kappa shape index (κ1) is 14.1. The van der Waals surface area contributed by atoms with Crippen molar-refractivity contribution in [2.75, 3.05) is 14.2 Å². The molecular formula is C11H21NO3. The Hall–Kier alpha value is -0.870. The summed E-state index contributed by atoms with van der Waals surface area (Å²) in [7, 11) is 3.01. The number of hydrogen-bond acceptors (Lipinski definition) is 3. The van der Waals surface area contributed by atoms with Crippen LogP contribution in [-0.4, -0.2) is 36.3 Å². The molecule has 0 aliphatic heterocycles. The maximum Gasteiger partial charge on any atom is 0.248 e. The molecule has 0 aliphatic rings. The van der Waals surface area contributed by atoms with Gasteiger partial charge in [0.25, 0.3) is 0 Å². The summed E-state index contributed by atoms with van der Waals surface area (Å²) in [5, 5.41) is 10.8. The quantitative estimate of drug-likeness (QED) is 0.515. The van der Waals surface area contributed by atoms with Crippen LogP contribution in [0.3, 0.4) is 0 Å². The van der Waals surface area contributed by atoms with Crippen LogP contribution in [0.15, 0.2) is 12.7 Å². The van der Waals surface area contributed by atoms with Crippen LogP contribution < -0.4 is 0 Å². The van der Waals surface area contributed by atoms with Crippen LogP contribution in [0.4, 0.5) is 0 Å². The van der Waals surface area contributed by atoms with E-state index in [1.807, 2.05) is 0 Å². The van der Waals surface area contributed by atoms with E-state index in [1.165, 1.54) is 12.2 Å². The van der Waals surface area contributed by atoms with Gasteiger partial charge in [0.1, 0.15) is 0 Å². The summed E-state index contributed by atoms with van der Waals surface area (Å²) in [4.78, 5) is 16.3. The average Bonchev–Trinajstić information content (AvgIpc) is 2.23. The maximum absolute atomic E-state index is 11.6. The van der Waals surface area contributed by atoms with E-state index in [2.05, 4.69) is 6.58 Å². The third-order valence-electron chi connectivity index (χ3n) is 2.34. The van der Waals surface area contributed by atoms with E-state index in [1.54, 1.807) is 20.0 Å². The van der Waals surface area contributed by atoms with Crippen molar-refractivity contribution in [2.24, 2.45) is 5.92 Å². The summed E-state index contributed by atoms with van der Waals surface area (Å²) in [6.45, 7) is 5.37. The lowest BCUT2D eigenvalue weighted by atomic mass is 10.00. The monoisotopic (exact) mass is 215 g/mol. The molecule has 2 atom stereocenters.